The van der Waals surface area contributed by atoms with E-state index in [-0.39, 0.29) is 17.9 Å². The highest BCUT2D eigenvalue weighted by molar-refractivity contribution is 5.81. The summed E-state index contributed by atoms with van der Waals surface area (Å²) in [5.41, 5.74) is 0.967. The summed E-state index contributed by atoms with van der Waals surface area (Å²) in [5.74, 6) is 0.712. The van der Waals surface area contributed by atoms with Crippen LogP contribution in [0.2, 0.25) is 0 Å². The van der Waals surface area contributed by atoms with Crippen molar-refractivity contribution in [3.63, 3.8) is 0 Å². The number of imidazole rings is 1. The number of nitrogens with one attached hydrogen (secondary N) is 1. The molecule has 3 rings (SSSR count). The van der Waals surface area contributed by atoms with Gasteiger partial charge >= 0.3 is 0 Å². The summed E-state index contributed by atoms with van der Waals surface area (Å²) in [6.07, 6.45) is 5.90. The Kier molecular flexibility index (Phi) is 5.40. The molecule has 136 valence electrons. The number of aromatic nitrogens is 6. The SMILES string of the molecule is CCC(C)C(C(=O)NC(c1ccccc1)c1nccn1C)n1cnnn1. The average Bonchev–Trinajstić information content (AvgIpc) is 3.32. The molecule has 1 amide bonds. The third-order valence-electron chi connectivity index (χ3n) is 4.64. The number of aryl methyl sites for hydroxylation is 1. The van der Waals surface area contributed by atoms with E-state index in [0.29, 0.717) is 0 Å². The summed E-state index contributed by atoms with van der Waals surface area (Å²) in [6.45, 7) is 4.06. The number of nitrogens with zero attached hydrogens (tertiary/aromatic N) is 6. The highest BCUT2D eigenvalue weighted by Gasteiger charge is 2.30. The van der Waals surface area contributed by atoms with Crippen LogP contribution in [0.15, 0.2) is 49.1 Å². The average molecular weight is 353 g/mol. The van der Waals surface area contributed by atoms with Crippen molar-refractivity contribution in [3.8, 4) is 0 Å². The lowest BCUT2D eigenvalue weighted by molar-refractivity contribution is -0.126. The molecule has 0 radical (unpaired) electrons. The van der Waals surface area contributed by atoms with Gasteiger partial charge in [-0.1, -0.05) is 50.6 Å². The van der Waals surface area contributed by atoms with Crippen molar-refractivity contribution in [2.24, 2.45) is 13.0 Å². The zero-order valence-electron chi connectivity index (χ0n) is 15.1. The maximum absolute atomic E-state index is 13.2. The van der Waals surface area contributed by atoms with Gasteiger partial charge in [0, 0.05) is 19.4 Å². The van der Waals surface area contributed by atoms with Gasteiger partial charge in [-0.15, -0.1) is 5.10 Å². The molecule has 2 heterocycles. The van der Waals surface area contributed by atoms with Crippen LogP contribution in [-0.2, 0) is 11.8 Å². The summed E-state index contributed by atoms with van der Waals surface area (Å²) in [6, 6.07) is 8.97. The number of carbonyl (C=O) groups excluding carboxylic acids is 1. The Balaban J connectivity index is 1.93. The van der Waals surface area contributed by atoms with Crippen LogP contribution < -0.4 is 5.32 Å². The second kappa shape index (κ2) is 7.90. The van der Waals surface area contributed by atoms with E-state index in [0.717, 1.165) is 17.8 Å². The molecule has 3 aromatic rings. The van der Waals surface area contributed by atoms with Crippen LogP contribution in [0.25, 0.3) is 0 Å². The van der Waals surface area contributed by atoms with Gasteiger partial charge in [-0.25, -0.2) is 9.67 Å². The monoisotopic (exact) mass is 353 g/mol. The van der Waals surface area contributed by atoms with Crippen molar-refractivity contribution in [3.05, 3.63) is 60.4 Å². The molecule has 0 saturated carbocycles. The number of hydrogen-bond donors (Lipinski definition) is 1. The van der Waals surface area contributed by atoms with Gasteiger partial charge < -0.3 is 9.88 Å². The molecule has 8 heteroatoms. The van der Waals surface area contributed by atoms with Crippen LogP contribution in [-0.4, -0.2) is 35.7 Å². The van der Waals surface area contributed by atoms with E-state index in [4.69, 9.17) is 0 Å². The first-order valence-corrected chi connectivity index (χ1v) is 8.66. The zero-order valence-corrected chi connectivity index (χ0v) is 15.1. The van der Waals surface area contributed by atoms with Crippen LogP contribution in [0, 0.1) is 5.92 Å². The van der Waals surface area contributed by atoms with Gasteiger partial charge in [0.1, 0.15) is 24.2 Å². The summed E-state index contributed by atoms with van der Waals surface area (Å²) in [4.78, 5) is 17.6. The van der Waals surface area contributed by atoms with E-state index in [1.54, 1.807) is 6.20 Å². The smallest absolute Gasteiger partial charge is 0.246 e. The minimum absolute atomic E-state index is 0.0799. The molecule has 0 bridgehead atoms. The molecule has 1 aromatic carbocycles. The third kappa shape index (κ3) is 3.63. The molecular formula is C18H23N7O. The summed E-state index contributed by atoms with van der Waals surface area (Å²) >= 11 is 0. The molecule has 0 aliphatic rings. The predicted molar refractivity (Wildman–Crippen MR) is 95.9 cm³/mol. The first-order valence-electron chi connectivity index (χ1n) is 8.66. The fourth-order valence-electron chi connectivity index (χ4n) is 2.98. The van der Waals surface area contributed by atoms with Gasteiger partial charge in [-0.3, -0.25) is 4.79 Å². The standard InChI is InChI=1S/C18H23N7O/c1-4-13(2)16(25-12-20-22-23-25)18(26)21-15(14-8-6-5-7-9-14)17-19-10-11-24(17)3/h5-13,15-16H,4H2,1-3H3,(H,21,26). The number of tetrazole rings is 1. The number of benzene rings is 1. The number of carbonyl (C=O) groups is 1. The minimum atomic E-state index is -0.485. The van der Waals surface area contributed by atoms with Gasteiger partial charge in [-0.2, -0.15) is 0 Å². The molecule has 3 unspecified atom stereocenters. The van der Waals surface area contributed by atoms with Crippen LogP contribution >= 0.6 is 0 Å². The number of hydrogen-bond acceptors (Lipinski definition) is 5. The molecule has 26 heavy (non-hydrogen) atoms. The Morgan fingerprint density at radius 3 is 2.62 bits per heavy atom. The van der Waals surface area contributed by atoms with E-state index in [1.165, 1.54) is 11.0 Å². The quantitative estimate of drug-likeness (QED) is 0.700. The van der Waals surface area contributed by atoms with E-state index in [2.05, 4.69) is 25.8 Å². The van der Waals surface area contributed by atoms with Crippen molar-refractivity contribution in [1.29, 1.82) is 0 Å². The predicted octanol–water partition coefficient (Wildman–Crippen LogP) is 1.90. The van der Waals surface area contributed by atoms with Crippen LogP contribution in [0.4, 0.5) is 0 Å². The van der Waals surface area contributed by atoms with E-state index in [9.17, 15) is 4.79 Å². The first-order chi connectivity index (χ1) is 12.6. The van der Waals surface area contributed by atoms with Crippen LogP contribution in [0.3, 0.4) is 0 Å². The molecule has 8 nitrogen and oxygen atoms in total. The van der Waals surface area contributed by atoms with Gasteiger partial charge in [0.25, 0.3) is 0 Å². The summed E-state index contributed by atoms with van der Waals surface area (Å²) in [7, 11) is 1.91. The van der Waals surface area contributed by atoms with Crippen molar-refractivity contribution in [2.45, 2.75) is 32.4 Å². The highest BCUT2D eigenvalue weighted by Crippen LogP contribution is 2.24. The van der Waals surface area contributed by atoms with E-state index < -0.39 is 6.04 Å². The fourth-order valence-corrected chi connectivity index (χ4v) is 2.98. The van der Waals surface area contributed by atoms with E-state index in [1.807, 2.05) is 62.0 Å². The third-order valence-corrected chi connectivity index (χ3v) is 4.64. The van der Waals surface area contributed by atoms with E-state index >= 15 is 0 Å². The van der Waals surface area contributed by atoms with Gasteiger partial charge in [-0.05, 0) is 21.9 Å². The molecule has 0 spiro atoms. The van der Waals surface area contributed by atoms with Gasteiger partial charge in [0.05, 0.1) is 0 Å². The maximum Gasteiger partial charge on any atom is 0.246 e. The Bertz CT molecular complexity index is 828. The Labute approximate surface area is 152 Å². The molecule has 0 aliphatic heterocycles. The molecule has 1 N–H and O–H groups in total. The summed E-state index contributed by atoms with van der Waals surface area (Å²) < 4.78 is 3.43. The fraction of sp³-hybridized carbons (Fsp3) is 0.389. The summed E-state index contributed by atoms with van der Waals surface area (Å²) in [5, 5.41) is 14.4. The molecule has 0 fully saturated rings. The molecule has 0 saturated heterocycles. The molecule has 0 aliphatic carbocycles. The van der Waals surface area contributed by atoms with Gasteiger partial charge in [0.2, 0.25) is 5.91 Å². The van der Waals surface area contributed by atoms with Crippen LogP contribution in [0.5, 0.6) is 0 Å². The normalized spacial score (nSPS) is 14.6. The van der Waals surface area contributed by atoms with Crippen molar-refractivity contribution < 1.29 is 4.79 Å². The second-order valence-electron chi connectivity index (χ2n) is 6.37. The Morgan fingerprint density at radius 1 is 1.27 bits per heavy atom. The largest absolute Gasteiger partial charge is 0.340 e. The van der Waals surface area contributed by atoms with Crippen molar-refractivity contribution >= 4 is 5.91 Å². The highest BCUT2D eigenvalue weighted by atomic mass is 16.2. The van der Waals surface area contributed by atoms with Gasteiger partial charge in [0.15, 0.2) is 0 Å². The van der Waals surface area contributed by atoms with Crippen LogP contribution in [0.1, 0.15) is 43.7 Å². The molecule has 3 atom stereocenters. The Hall–Kier alpha value is -3.03. The second-order valence-corrected chi connectivity index (χ2v) is 6.37. The molecule has 2 aromatic heterocycles. The zero-order chi connectivity index (χ0) is 18.5. The van der Waals surface area contributed by atoms with Crippen molar-refractivity contribution in [2.75, 3.05) is 0 Å². The molecular weight excluding hydrogens is 330 g/mol. The maximum atomic E-state index is 13.2. The first kappa shape index (κ1) is 17.8. The lowest BCUT2D eigenvalue weighted by Crippen LogP contribution is -2.39. The Morgan fingerprint density at radius 2 is 2.04 bits per heavy atom. The minimum Gasteiger partial charge on any atom is -0.340 e. The number of rotatable bonds is 7. The lowest BCUT2D eigenvalue weighted by atomic mass is 9.97. The number of amides is 1. The van der Waals surface area contributed by atoms with Crippen molar-refractivity contribution in [1.82, 2.24) is 35.1 Å². The topological polar surface area (TPSA) is 90.5 Å². The lowest BCUT2D eigenvalue weighted by Gasteiger charge is -2.25.